The molecule has 0 unspecified atom stereocenters. The summed E-state index contributed by atoms with van der Waals surface area (Å²) in [5.41, 5.74) is 1.87. The Balaban J connectivity index is 1.81. The van der Waals surface area contributed by atoms with Gasteiger partial charge in [-0.1, -0.05) is 30.0 Å². The topological polar surface area (TPSA) is 74.9 Å². The van der Waals surface area contributed by atoms with Gasteiger partial charge in [0.15, 0.2) is 0 Å². The van der Waals surface area contributed by atoms with E-state index >= 15 is 0 Å². The van der Waals surface area contributed by atoms with Crippen molar-refractivity contribution in [1.29, 1.82) is 0 Å². The molecule has 2 aromatic heterocycles. The number of aliphatic hydroxyl groups is 1. The first-order chi connectivity index (χ1) is 9.36. The van der Waals surface area contributed by atoms with Crippen LogP contribution in [0.1, 0.15) is 6.42 Å². The highest BCUT2D eigenvalue weighted by Crippen LogP contribution is 2.25. The molecule has 0 bridgehead atoms. The van der Waals surface area contributed by atoms with E-state index in [0.29, 0.717) is 11.1 Å². The third-order valence-corrected chi connectivity index (χ3v) is 3.60. The SMILES string of the molecule is OCCCSc1nnc(-c2cc3ccccc3[nH]2)o1. The molecule has 3 rings (SSSR count). The van der Waals surface area contributed by atoms with Crippen LogP contribution in [0, 0.1) is 0 Å². The number of thioether (sulfide) groups is 1. The molecule has 0 amide bonds. The molecular weight excluding hydrogens is 262 g/mol. The summed E-state index contributed by atoms with van der Waals surface area (Å²) in [5, 5.41) is 18.4. The van der Waals surface area contributed by atoms with Crippen molar-refractivity contribution in [3.05, 3.63) is 30.3 Å². The Morgan fingerprint density at radius 1 is 1.26 bits per heavy atom. The summed E-state index contributed by atoms with van der Waals surface area (Å²) in [6, 6.07) is 10.00. The first-order valence-electron chi connectivity index (χ1n) is 6.02. The fraction of sp³-hybridized carbons (Fsp3) is 0.231. The highest BCUT2D eigenvalue weighted by Gasteiger charge is 2.11. The first-order valence-corrected chi connectivity index (χ1v) is 7.00. The molecule has 3 aromatic rings. The molecule has 0 aliphatic heterocycles. The smallest absolute Gasteiger partial charge is 0.276 e. The Labute approximate surface area is 114 Å². The summed E-state index contributed by atoms with van der Waals surface area (Å²) in [6.07, 6.45) is 0.717. The molecule has 0 saturated carbocycles. The Morgan fingerprint density at radius 3 is 3.00 bits per heavy atom. The molecule has 6 heteroatoms. The van der Waals surface area contributed by atoms with E-state index in [4.69, 9.17) is 9.52 Å². The van der Waals surface area contributed by atoms with Crippen molar-refractivity contribution < 1.29 is 9.52 Å². The number of aromatic nitrogens is 3. The predicted octanol–water partition coefficient (Wildman–Crippen LogP) is 2.69. The van der Waals surface area contributed by atoms with Gasteiger partial charge in [-0.15, -0.1) is 10.2 Å². The largest absolute Gasteiger partial charge is 0.410 e. The van der Waals surface area contributed by atoms with Gasteiger partial charge in [0, 0.05) is 23.3 Å². The van der Waals surface area contributed by atoms with Crippen LogP contribution in [-0.4, -0.2) is 32.6 Å². The Bertz CT molecular complexity index is 644. The van der Waals surface area contributed by atoms with Crippen LogP contribution in [0.25, 0.3) is 22.5 Å². The van der Waals surface area contributed by atoms with Gasteiger partial charge in [0.2, 0.25) is 0 Å². The summed E-state index contributed by atoms with van der Waals surface area (Å²) in [6.45, 7) is 0.177. The third kappa shape index (κ3) is 2.64. The summed E-state index contributed by atoms with van der Waals surface area (Å²) in [4.78, 5) is 3.25. The molecule has 19 heavy (non-hydrogen) atoms. The van der Waals surface area contributed by atoms with Crippen LogP contribution in [0.4, 0.5) is 0 Å². The number of nitrogens with zero attached hydrogens (tertiary/aromatic N) is 2. The number of hydrogen-bond acceptors (Lipinski definition) is 5. The zero-order chi connectivity index (χ0) is 13.1. The quantitative estimate of drug-likeness (QED) is 0.553. The van der Waals surface area contributed by atoms with Crippen molar-refractivity contribution in [1.82, 2.24) is 15.2 Å². The molecule has 5 nitrogen and oxygen atoms in total. The van der Waals surface area contributed by atoms with Gasteiger partial charge in [-0.3, -0.25) is 0 Å². The maximum Gasteiger partial charge on any atom is 0.276 e. The van der Waals surface area contributed by atoms with Crippen molar-refractivity contribution in [3.63, 3.8) is 0 Å². The Kier molecular flexibility index (Phi) is 3.52. The van der Waals surface area contributed by atoms with E-state index in [1.807, 2.05) is 30.3 Å². The highest BCUT2D eigenvalue weighted by atomic mass is 32.2. The monoisotopic (exact) mass is 275 g/mol. The number of nitrogens with one attached hydrogen (secondary N) is 1. The molecule has 2 heterocycles. The average molecular weight is 275 g/mol. The number of fused-ring (bicyclic) bond motifs is 1. The number of H-pyrrole nitrogens is 1. The first kappa shape index (κ1) is 12.3. The van der Waals surface area contributed by atoms with Crippen LogP contribution in [0.5, 0.6) is 0 Å². The maximum atomic E-state index is 8.72. The minimum Gasteiger partial charge on any atom is -0.410 e. The van der Waals surface area contributed by atoms with E-state index in [1.165, 1.54) is 11.8 Å². The van der Waals surface area contributed by atoms with Crippen molar-refractivity contribution in [2.45, 2.75) is 11.6 Å². The van der Waals surface area contributed by atoms with E-state index in [2.05, 4.69) is 15.2 Å². The van der Waals surface area contributed by atoms with Crippen LogP contribution in [0.15, 0.2) is 40.0 Å². The summed E-state index contributed by atoms with van der Waals surface area (Å²) in [7, 11) is 0. The van der Waals surface area contributed by atoms with E-state index < -0.39 is 0 Å². The van der Waals surface area contributed by atoms with Gasteiger partial charge in [0.25, 0.3) is 11.1 Å². The number of aliphatic hydroxyl groups excluding tert-OH is 1. The number of aromatic amines is 1. The standard InChI is InChI=1S/C13H13N3O2S/c17-6-3-7-19-13-16-15-12(18-13)11-8-9-4-1-2-5-10(9)14-11/h1-2,4-5,8,14,17H,3,6-7H2. The lowest BCUT2D eigenvalue weighted by Crippen LogP contribution is -1.85. The lowest BCUT2D eigenvalue weighted by Gasteiger charge is -1.92. The van der Waals surface area contributed by atoms with Crippen LogP contribution in [0.2, 0.25) is 0 Å². The normalized spacial score (nSPS) is 11.2. The lowest BCUT2D eigenvalue weighted by atomic mass is 10.2. The Morgan fingerprint density at radius 2 is 2.16 bits per heavy atom. The third-order valence-electron chi connectivity index (χ3n) is 2.69. The van der Waals surface area contributed by atoms with E-state index in [-0.39, 0.29) is 6.61 Å². The van der Waals surface area contributed by atoms with E-state index in [9.17, 15) is 0 Å². The molecule has 98 valence electrons. The number of para-hydroxylation sites is 1. The zero-order valence-electron chi connectivity index (χ0n) is 10.2. The molecule has 0 saturated heterocycles. The second-order valence-electron chi connectivity index (χ2n) is 4.07. The van der Waals surface area contributed by atoms with Gasteiger partial charge < -0.3 is 14.5 Å². The van der Waals surface area contributed by atoms with Gasteiger partial charge >= 0.3 is 0 Å². The van der Waals surface area contributed by atoms with Gasteiger partial charge in [-0.2, -0.15) is 0 Å². The van der Waals surface area contributed by atoms with Crippen LogP contribution >= 0.6 is 11.8 Å². The molecule has 0 atom stereocenters. The maximum absolute atomic E-state index is 8.72. The van der Waals surface area contributed by atoms with Gasteiger partial charge in [-0.25, -0.2) is 0 Å². The lowest BCUT2D eigenvalue weighted by molar-refractivity contribution is 0.296. The summed E-state index contributed by atoms with van der Waals surface area (Å²) in [5.74, 6) is 1.26. The molecule has 2 N–H and O–H groups in total. The fourth-order valence-electron chi connectivity index (χ4n) is 1.79. The minimum atomic E-state index is 0.177. The molecule has 0 fully saturated rings. The molecule has 0 spiro atoms. The summed E-state index contributed by atoms with van der Waals surface area (Å²) >= 11 is 1.45. The Hall–Kier alpha value is -1.79. The van der Waals surface area contributed by atoms with Crippen LogP contribution in [-0.2, 0) is 0 Å². The highest BCUT2D eigenvalue weighted by molar-refractivity contribution is 7.99. The van der Waals surface area contributed by atoms with E-state index in [1.54, 1.807) is 0 Å². The molecule has 0 aliphatic carbocycles. The molecular formula is C13H13N3O2S. The fourth-order valence-corrected chi connectivity index (χ4v) is 2.47. The average Bonchev–Trinajstić information content (AvgIpc) is 3.04. The van der Waals surface area contributed by atoms with Crippen molar-refractivity contribution in [2.24, 2.45) is 0 Å². The number of rotatable bonds is 5. The minimum absolute atomic E-state index is 0.177. The molecule has 0 aliphatic rings. The summed E-state index contributed by atoms with van der Waals surface area (Å²) < 4.78 is 5.57. The number of hydrogen-bond donors (Lipinski definition) is 2. The van der Waals surface area contributed by atoms with Crippen LogP contribution in [0.3, 0.4) is 0 Å². The van der Waals surface area contributed by atoms with Crippen molar-refractivity contribution in [2.75, 3.05) is 12.4 Å². The van der Waals surface area contributed by atoms with Gasteiger partial charge in [0.05, 0.1) is 0 Å². The second kappa shape index (κ2) is 5.46. The predicted molar refractivity (Wildman–Crippen MR) is 74.0 cm³/mol. The zero-order valence-corrected chi connectivity index (χ0v) is 11.0. The number of benzene rings is 1. The van der Waals surface area contributed by atoms with Gasteiger partial charge in [0.1, 0.15) is 5.69 Å². The second-order valence-corrected chi connectivity index (χ2v) is 5.12. The van der Waals surface area contributed by atoms with Gasteiger partial charge in [-0.05, 0) is 18.6 Å². The van der Waals surface area contributed by atoms with Crippen LogP contribution < -0.4 is 0 Å². The molecule has 1 aromatic carbocycles. The van der Waals surface area contributed by atoms with Crippen molar-refractivity contribution in [3.8, 4) is 11.6 Å². The van der Waals surface area contributed by atoms with Crippen molar-refractivity contribution >= 4 is 22.7 Å². The molecule has 0 radical (unpaired) electrons. The van der Waals surface area contributed by atoms with E-state index in [0.717, 1.165) is 28.8 Å².